The molecular weight excluding hydrogens is 344 g/mol. The summed E-state index contributed by atoms with van der Waals surface area (Å²) in [6.07, 6.45) is 1.31. The molecule has 0 aliphatic rings. The van der Waals surface area contributed by atoms with Gasteiger partial charge in [-0.2, -0.15) is 10.3 Å². The van der Waals surface area contributed by atoms with Gasteiger partial charge in [0.05, 0.1) is 6.21 Å². The van der Waals surface area contributed by atoms with Gasteiger partial charge < -0.3 is 5.32 Å². The molecule has 0 saturated carbocycles. The number of benzene rings is 2. The minimum atomic E-state index is -0.769. The van der Waals surface area contributed by atoms with Gasteiger partial charge in [-0.25, -0.2) is 8.78 Å². The SMILES string of the molecule is O=C(NCc1ccccc1F)c1n[nH]n(N=Cc2ccc(F)cc2)c1=O. The van der Waals surface area contributed by atoms with Gasteiger partial charge in [0, 0.05) is 12.1 Å². The lowest BCUT2D eigenvalue weighted by molar-refractivity contribution is 0.0944. The molecule has 0 bridgehead atoms. The summed E-state index contributed by atoms with van der Waals surface area (Å²) < 4.78 is 26.4. The van der Waals surface area contributed by atoms with Crippen molar-refractivity contribution >= 4 is 12.1 Å². The second-order valence-electron chi connectivity index (χ2n) is 5.25. The number of hydrogen-bond donors (Lipinski definition) is 2. The summed E-state index contributed by atoms with van der Waals surface area (Å²) >= 11 is 0. The highest BCUT2D eigenvalue weighted by atomic mass is 19.1. The summed E-state index contributed by atoms with van der Waals surface area (Å²) in [7, 11) is 0. The normalized spacial score (nSPS) is 11.0. The van der Waals surface area contributed by atoms with Crippen molar-refractivity contribution in [3.05, 3.63) is 87.3 Å². The minimum absolute atomic E-state index is 0.0867. The van der Waals surface area contributed by atoms with E-state index >= 15 is 0 Å². The van der Waals surface area contributed by atoms with Gasteiger partial charge in [-0.15, -0.1) is 9.89 Å². The van der Waals surface area contributed by atoms with Crippen LogP contribution >= 0.6 is 0 Å². The van der Waals surface area contributed by atoms with Crippen molar-refractivity contribution < 1.29 is 13.6 Å². The lowest BCUT2D eigenvalue weighted by atomic mass is 10.2. The highest BCUT2D eigenvalue weighted by Crippen LogP contribution is 2.05. The fourth-order valence-corrected chi connectivity index (χ4v) is 2.09. The van der Waals surface area contributed by atoms with Gasteiger partial charge in [0.2, 0.25) is 5.69 Å². The third-order valence-electron chi connectivity index (χ3n) is 3.46. The summed E-state index contributed by atoms with van der Waals surface area (Å²) in [4.78, 5) is 24.9. The molecule has 0 fully saturated rings. The zero-order valence-corrected chi connectivity index (χ0v) is 13.3. The largest absolute Gasteiger partial charge is 0.346 e. The monoisotopic (exact) mass is 357 g/mol. The van der Waals surface area contributed by atoms with E-state index in [9.17, 15) is 18.4 Å². The number of aromatic nitrogens is 3. The maximum atomic E-state index is 13.5. The third-order valence-corrected chi connectivity index (χ3v) is 3.46. The average molecular weight is 357 g/mol. The molecule has 0 aliphatic heterocycles. The van der Waals surface area contributed by atoms with E-state index < -0.39 is 28.8 Å². The van der Waals surface area contributed by atoms with Gasteiger partial charge in [0.25, 0.3) is 5.91 Å². The van der Waals surface area contributed by atoms with Crippen molar-refractivity contribution in [2.45, 2.75) is 6.54 Å². The zero-order chi connectivity index (χ0) is 18.5. The Hall–Kier alpha value is -3.62. The Morgan fingerprint density at radius 2 is 1.92 bits per heavy atom. The fraction of sp³-hybridized carbons (Fsp3) is 0.0588. The Kier molecular flexibility index (Phi) is 4.97. The number of rotatable bonds is 5. The highest BCUT2D eigenvalue weighted by Gasteiger charge is 2.16. The summed E-state index contributed by atoms with van der Waals surface area (Å²) in [6, 6.07) is 11.4. The molecule has 2 aromatic carbocycles. The van der Waals surface area contributed by atoms with Crippen LogP contribution in [0.25, 0.3) is 0 Å². The van der Waals surface area contributed by atoms with Crippen molar-refractivity contribution in [3.8, 4) is 0 Å². The van der Waals surface area contributed by atoms with E-state index in [1.807, 2.05) is 0 Å². The van der Waals surface area contributed by atoms with Gasteiger partial charge in [0.15, 0.2) is 0 Å². The Bertz CT molecular complexity index is 1010. The van der Waals surface area contributed by atoms with Crippen molar-refractivity contribution in [2.75, 3.05) is 0 Å². The van der Waals surface area contributed by atoms with Crippen LogP contribution in [0.2, 0.25) is 0 Å². The van der Waals surface area contributed by atoms with Gasteiger partial charge in [-0.1, -0.05) is 30.3 Å². The highest BCUT2D eigenvalue weighted by molar-refractivity contribution is 5.91. The van der Waals surface area contributed by atoms with Crippen LogP contribution in [0, 0.1) is 11.6 Å². The number of hydrogen-bond acceptors (Lipinski definition) is 4. The summed E-state index contributed by atoms with van der Waals surface area (Å²) in [5.41, 5.74) is -0.337. The van der Waals surface area contributed by atoms with E-state index in [1.165, 1.54) is 48.7 Å². The third kappa shape index (κ3) is 3.89. The molecule has 26 heavy (non-hydrogen) atoms. The predicted octanol–water partition coefficient (Wildman–Crippen LogP) is 1.66. The first-order chi connectivity index (χ1) is 12.5. The van der Waals surface area contributed by atoms with Crippen LogP contribution in [-0.4, -0.2) is 27.2 Å². The summed E-state index contributed by atoms with van der Waals surface area (Å²) in [6.45, 7) is -0.0867. The van der Waals surface area contributed by atoms with Crippen LogP contribution in [0.4, 0.5) is 8.78 Å². The molecule has 1 amide bonds. The predicted molar refractivity (Wildman–Crippen MR) is 89.8 cm³/mol. The Labute approximate surface area is 146 Å². The van der Waals surface area contributed by atoms with Gasteiger partial charge in [-0.05, 0) is 23.8 Å². The quantitative estimate of drug-likeness (QED) is 0.680. The van der Waals surface area contributed by atoms with E-state index in [2.05, 4.69) is 20.7 Å². The van der Waals surface area contributed by atoms with Gasteiger partial charge in [-0.3, -0.25) is 9.59 Å². The number of halogens is 2. The summed E-state index contributed by atoms with van der Waals surface area (Å²) in [5.74, 6) is -1.61. The molecule has 9 heteroatoms. The molecule has 0 atom stereocenters. The van der Waals surface area contributed by atoms with Crippen LogP contribution in [0.15, 0.2) is 58.4 Å². The first kappa shape index (κ1) is 17.2. The zero-order valence-electron chi connectivity index (χ0n) is 13.3. The van der Waals surface area contributed by atoms with Crippen LogP contribution in [-0.2, 0) is 6.54 Å². The van der Waals surface area contributed by atoms with Gasteiger partial charge >= 0.3 is 5.56 Å². The molecule has 0 aliphatic carbocycles. The maximum Gasteiger partial charge on any atom is 0.320 e. The number of carbonyl (C=O) groups excluding carboxylic acids is 1. The van der Waals surface area contributed by atoms with Crippen molar-refractivity contribution in [2.24, 2.45) is 5.10 Å². The first-order valence-electron chi connectivity index (χ1n) is 7.53. The van der Waals surface area contributed by atoms with Crippen LogP contribution in [0.1, 0.15) is 21.6 Å². The van der Waals surface area contributed by atoms with E-state index in [1.54, 1.807) is 6.07 Å². The fourth-order valence-electron chi connectivity index (χ4n) is 2.09. The van der Waals surface area contributed by atoms with Crippen LogP contribution in [0.3, 0.4) is 0 Å². The van der Waals surface area contributed by atoms with Gasteiger partial charge in [0.1, 0.15) is 11.6 Å². The smallest absolute Gasteiger partial charge is 0.320 e. The number of amides is 1. The maximum absolute atomic E-state index is 13.5. The molecule has 1 heterocycles. The van der Waals surface area contributed by atoms with Crippen molar-refractivity contribution in [1.29, 1.82) is 0 Å². The Morgan fingerprint density at radius 3 is 2.65 bits per heavy atom. The van der Waals surface area contributed by atoms with Crippen molar-refractivity contribution in [1.82, 2.24) is 20.4 Å². The van der Waals surface area contributed by atoms with E-state index in [0.717, 1.165) is 4.79 Å². The summed E-state index contributed by atoms with van der Waals surface area (Å²) in [5, 5.41) is 12.2. The second-order valence-corrected chi connectivity index (χ2v) is 5.25. The molecule has 3 aromatic rings. The molecule has 3 rings (SSSR count). The molecule has 1 aromatic heterocycles. The Balaban J connectivity index is 1.70. The molecule has 0 spiro atoms. The van der Waals surface area contributed by atoms with E-state index in [4.69, 9.17) is 0 Å². The number of carbonyl (C=O) groups is 1. The number of nitrogens with one attached hydrogen (secondary N) is 2. The first-order valence-corrected chi connectivity index (χ1v) is 7.53. The van der Waals surface area contributed by atoms with Crippen LogP contribution < -0.4 is 10.9 Å². The molecule has 0 radical (unpaired) electrons. The lowest BCUT2D eigenvalue weighted by Crippen LogP contribution is -2.29. The van der Waals surface area contributed by atoms with E-state index in [-0.39, 0.29) is 12.1 Å². The molecular formula is C17H13F2N5O2. The molecule has 2 N–H and O–H groups in total. The number of H-pyrrole nitrogens is 1. The Morgan fingerprint density at radius 1 is 1.19 bits per heavy atom. The molecule has 7 nitrogen and oxygen atoms in total. The lowest BCUT2D eigenvalue weighted by Gasteiger charge is -2.03. The molecule has 0 saturated heterocycles. The second kappa shape index (κ2) is 7.51. The van der Waals surface area contributed by atoms with Crippen molar-refractivity contribution in [3.63, 3.8) is 0 Å². The average Bonchev–Trinajstić information content (AvgIpc) is 3.01. The number of aromatic amines is 1. The topological polar surface area (TPSA) is 92.1 Å². The molecule has 132 valence electrons. The minimum Gasteiger partial charge on any atom is -0.346 e. The molecule has 0 unspecified atom stereocenters. The standard InChI is InChI=1S/C17H13F2N5O2/c18-13-7-5-11(6-8-13)9-21-24-17(26)15(22-23-24)16(25)20-10-12-3-1-2-4-14(12)19/h1-9,23H,10H2,(H,20,25). The van der Waals surface area contributed by atoms with E-state index in [0.29, 0.717) is 5.56 Å². The number of nitrogens with zero attached hydrogens (tertiary/aromatic N) is 3. The van der Waals surface area contributed by atoms with Crippen LogP contribution in [0.5, 0.6) is 0 Å².